The van der Waals surface area contributed by atoms with Crippen molar-refractivity contribution < 1.29 is 4.79 Å². The van der Waals surface area contributed by atoms with Crippen molar-refractivity contribution in [3.63, 3.8) is 0 Å². The van der Waals surface area contributed by atoms with Gasteiger partial charge in [0.15, 0.2) is 4.96 Å². The quantitative estimate of drug-likeness (QED) is 0.757. The number of hydrogen-bond acceptors (Lipinski definition) is 4. The molecule has 21 heavy (non-hydrogen) atoms. The van der Waals surface area contributed by atoms with Gasteiger partial charge in [-0.3, -0.25) is 9.20 Å². The van der Waals surface area contributed by atoms with Crippen molar-refractivity contribution in [2.45, 2.75) is 18.5 Å². The number of nitrogens with one attached hydrogen (secondary N) is 1. The summed E-state index contributed by atoms with van der Waals surface area (Å²) in [6, 6.07) is 7.83. The Hall–Kier alpha value is -2.18. The van der Waals surface area contributed by atoms with Gasteiger partial charge < -0.3 is 11.1 Å². The second-order valence-corrected chi connectivity index (χ2v) is 6.10. The van der Waals surface area contributed by atoms with Gasteiger partial charge in [0.05, 0.1) is 12.1 Å². The van der Waals surface area contributed by atoms with Crippen molar-refractivity contribution in [2.75, 3.05) is 0 Å². The zero-order valence-corrected chi connectivity index (χ0v) is 12.0. The number of benzene rings is 1. The molecular weight excluding hydrogens is 284 g/mol. The predicted octanol–water partition coefficient (Wildman–Crippen LogP) is 1.75. The summed E-state index contributed by atoms with van der Waals surface area (Å²) in [5.41, 5.74) is 9.00. The molecule has 3 aromatic rings. The number of nitrogens with two attached hydrogens (primary N) is 1. The number of rotatable bonds is 2. The molecule has 0 bridgehead atoms. The van der Waals surface area contributed by atoms with Crippen LogP contribution in [0.3, 0.4) is 0 Å². The zero-order chi connectivity index (χ0) is 14.4. The second kappa shape index (κ2) is 4.68. The van der Waals surface area contributed by atoms with Crippen molar-refractivity contribution in [3.05, 3.63) is 58.9 Å². The summed E-state index contributed by atoms with van der Waals surface area (Å²) >= 11 is 1.51. The van der Waals surface area contributed by atoms with E-state index in [0.29, 0.717) is 5.69 Å². The zero-order valence-electron chi connectivity index (χ0n) is 11.2. The van der Waals surface area contributed by atoms with Crippen LogP contribution in [0.4, 0.5) is 0 Å². The lowest BCUT2D eigenvalue weighted by Gasteiger charge is -2.17. The molecule has 0 saturated carbocycles. The summed E-state index contributed by atoms with van der Waals surface area (Å²) in [6.07, 6.45) is 4.40. The molecule has 106 valence electrons. The lowest BCUT2D eigenvalue weighted by atomic mass is 10.1. The Balaban J connectivity index is 1.54. The molecule has 2 atom stereocenters. The van der Waals surface area contributed by atoms with Crippen molar-refractivity contribution in [2.24, 2.45) is 5.73 Å². The highest BCUT2D eigenvalue weighted by Gasteiger charge is 2.31. The van der Waals surface area contributed by atoms with Crippen LogP contribution in [0.2, 0.25) is 0 Å². The molecule has 0 unspecified atom stereocenters. The molecule has 2 heterocycles. The van der Waals surface area contributed by atoms with Crippen molar-refractivity contribution in [1.29, 1.82) is 0 Å². The third-order valence-corrected chi connectivity index (χ3v) is 4.70. The number of amides is 1. The number of aromatic nitrogens is 2. The van der Waals surface area contributed by atoms with Gasteiger partial charge in [-0.05, 0) is 17.5 Å². The molecule has 4 rings (SSSR count). The van der Waals surface area contributed by atoms with E-state index in [9.17, 15) is 4.79 Å². The molecule has 0 aliphatic heterocycles. The molecule has 0 radical (unpaired) electrons. The van der Waals surface area contributed by atoms with Crippen molar-refractivity contribution in [1.82, 2.24) is 14.7 Å². The molecule has 6 heteroatoms. The maximum Gasteiger partial charge on any atom is 0.271 e. The highest BCUT2D eigenvalue weighted by atomic mass is 32.1. The monoisotopic (exact) mass is 298 g/mol. The largest absolute Gasteiger partial charge is 0.346 e. The smallest absolute Gasteiger partial charge is 0.271 e. The summed E-state index contributed by atoms with van der Waals surface area (Å²) in [4.78, 5) is 17.5. The molecule has 0 spiro atoms. The van der Waals surface area contributed by atoms with Gasteiger partial charge in [-0.1, -0.05) is 24.3 Å². The Labute approximate surface area is 125 Å². The lowest BCUT2D eigenvalue weighted by molar-refractivity contribution is 0.0929. The van der Waals surface area contributed by atoms with Gasteiger partial charge in [-0.15, -0.1) is 11.3 Å². The second-order valence-electron chi connectivity index (χ2n) is 5.23. The molecule has 1 aliphatic rings. The molecule has 1 aliphatic carbocycles. The minimum Gasteiger partial charge on any atom is -0.346 e. The Kier molecular flexibility index (Phi) is 2.80. The number of carbonyl (C=O) groups excluding carboxylic acids is 1. The van der Waals surface area contributed by atoms with E-state index in [-0.39, 0.29) is 18.0 Å². The molecule has 0 saturated heterocycles. The van der Waals surface area contributed by atoms with E-state index in [4.69, 9.17) is 5.73 Å². The van der Waals surface area contributed by atoms with Gasteiger partial charge in [0.1, 0.15) is 5.69 Å². The average molecular weight is 298 g/mol. The summed E-state index contributed by atoms with van der Waals surface area (Å²) in [5.74, 6) is -0.167. The van der Waals surface area contributed by atoms with Crippen LogP contribution >= 0.6 is 11.3 Å². The minimum absolute atomic E-state index is 0.0744. The highest BCUT2D eigenvalue weighted by Crippen LogP contribution is 2.29. The van der Waals surface area contributed by atoms with E-state index in [0.717, 1.165) is 16.9 Å². The third kappa shape index (κ3) is 2.03. The van der Waals surface area contributed by atoms with Gasteiger partial charge in [0.2, 0.25) is 0 Å². The van der Waals surface area contributed by atoms with E-state index in [1.54, 1.807) is 6.20 Å². The summed E-state index contributed by atoms with van der Waals surface area (Å²) in [6.45, 7) is 0. The fourth-order valence-electron chi connectivity index (χ4n) is 2.85. The maximum absolute atomic E-state index is 12.3. The molecule has 0 fully saturated rings. The average Bonchev–Trinajstić information content (AvgIpc) is 3.13. The number of thiazole rings is 1. The van der Waals surface area contributed by atoms with E-state index < -0.39 is 0 Å². The summed E-state index contributed by atoms with van der Waals surface area (Å²) in [7, 11) is 0. The Morgan fingerprint density at radius 3 is 3.10 bits per heavy atom. The topological polar surface area (TPSA) is 72.4 Å². The lowest BCUT2D eigenvalue weighted by Crippen LogP contribution is -2.40. The third-order valence-electron chi connectivity index (χ3n) is 3.93. The van der Waals surface area contributed by atoms with Crippen LogP contribution in [-0.2, 0) is 6.42 Å². The fourth-order valence-corrected chi connectivity index (χ4v) is 3.55. The first-order chi connectivity index (χ1) is 10.2. The Morgan fingerprint density at radius 2 is 2.29 bits per heavy atom. The van der Waals surface area contributed by atoms with Gasteiger partial charge in [0, 0.05) is 17.8 Å². The SMILES string of the molecule is N[C@H]1c2ccccc2C[C@@H]1NC(=O)c1cn2ccsc2n1. The molecule has 1 amide bonds. The van der Waals surface area contributed by atoms with E-state index in [2.05, 4.69) is 16.4 Å². The molecule has 1 aromatic carbocycles. The van der Waals surface area contributed by atoms with Gasteiger partial charge >= 0.3 is 0 Å². The number of carbonyl (C=O) groups is 1. The first-order valence-corrected chi connectivity index (χ1v) is 7.67. The van der Waals surface area contributed by atoms with Crippen molar-refractivity contribution >= 4 is 22.2 Å². The Morgan fingerprint density at radius 1 is 1.43 bits per heavy atom. The van der Waals surface area contributed by atoms with Gasteiger partial charge in [-0.25, -0.2) is 4.98 Å². The molecule has 3 N–H and O–H groups in total. The minimum atomic E-state index is -0.167. The van der Waals surface area contributed by atoms with Crippen LogP contribution in [0.25, 0.3) is 4.96 Å². The van der Waals surface area contributed by atoms with E-state index in [1.807, 2.05) is 34.2 Å². The summed E-state index contributed by atoms with van der Waals surface area (Å²) in [5, 5.41) is 4.95. The normalized spacial score (nSPS) is 20.6. The number of fused-ring (bicyclic) bond motifs is 2. The molecular formula is C15H14N4OS. The number of nitrogens with zero attached hydrogens (tertiary/aromatic N) is 2. The molecule has 2 aromatic heterocycles. The summed E-state index contributed by atoms with van der Waals surface area (Å²) < 4.78 is 1.85. The fraction of sp³-hybridized carbons (Fsp3) is 0.200. The van der Waals surface area contributed by atoms with Crippen LogP contribution in [0.1, 0.15) is 27.7 Å². The standard InChI is InChI=1S/C15H14N4OS/c16-13-10-4-2-1-3-9(10)7-11(13)17-14(20)12-8-19-5-6-21-15(19)18-12/h1-6,8,11,13H,7,16H2,(H,17,20)/t11-,13-/m0/s1. The van der Waals surface area contributed by atoms with Crippen molar-refractivity contribution in [3.8, 4) is 0 Å². The number of hydrogen-bond donors (Lipinski definition) is 2. The predicted molar refractivity (Wildman–Crippen MR) is 81.4 cm³/mol. The van der Waals surface area contributed by atoms with Gasteiger partial charge in [0.25, 0.3) is 5.91 Å². The Bertz CT molecular complexity index is 793. The molecule has 5 nitrogen and oxygen atoms in total. The van der Waals surface area contributed by atoms with E-state index in [1.165, 1.54) is 16.9 Å². The first kappa shape index (κ1) is 12.6. The first-order valence-electron chi connectivity index (χ1n) is 6.79. The van der Waals surface area contributed by atoms with E-state index >= 15 is 0 Å². The number of imidazole rings is 1. The van der Waals surface area contributed by atoms with Gasteiger partial charge in [-0.2, -0.15) is 0 Å². The van der Waals surface area contributed by atoms with Crippen LogP contribution < -0.4 is 11.1 Å². The van der Waals surface area contributed by atoms with Crippen LogP contribution in [0, 0.1) is 0 Å². The highest BCUT2D eigenvalue weighted by molar-refractivity contribution is 7.15. The van der Waals surface area contributed by atoms with Crippen LogP contribution in [0.15, 0.2) is 42.0 Å². The van der Waals surface area contributed by atoms with Crippen LogP contribution in [0.5, 0.6) is 0 Å². The maximum atomic E-state index is 12.3. The van der Waals surface area contributed by atoms with Crippen LogP contribution in [-0.4, -0.2) is 21.3 Å².